The van der Waals surface area contributed by atoms with Gasteiger partial charge in [-0.1, -0.05) is 6.92 Å². The molecule has 1 aromatic heterocycles. The van der Waals surface area contributed by atoms with Crippen molar-refractivity contribution in [2.45, 2.75) is 52.0 Å². The van der Waals surface area contributed by atoms with Crippen LogP contribution in [0, 0.1) is 11.3 Å². The van der Waals surface area contributed by atoms with Crippen LogP contribution in [0.1, 0.15) is 49.9 Å². The topological polar surface area (TPSA) is 48.7 Å². The van der Waals surface area contributed by atoms with E-state index in [2.05, 4.69) is 30.2 Å². The summed E-state index contributed by atoms with van der Waals surface area (Å²) in [7, 11) is 0. The molecule has 0 saturated carbocycles. The fourth-order valence-corrected chi connectivity index (χ4v) is 2.16. The summed E-state index contributed by atoms with van der Waals surface area (Å²) < 4.78 is 0. The highest BCUT2D eigenvalue weighted by Gasteiger charge is 2.15. The van der Waals surface area contributed by atoms with Gasteiger partial charge in [0.15, 0.2) is 0 Å². The fourth-order valence-electron chi connectivity index (χ4n) is 2.16. The molecule has 1 aliphatic carbocycles. The molecule has 1 heterocycles. The summed E-state index contributed by atoms with van der Waals surface area (Å²) in [5.74, 6) is 0.766. The molecule has 1 N–H and O–H groups in total. The van der Waals surface area contributed by atoms with Crippen LogP contribution in [0.15, 0.2) is 6.07 Å². The minimum absolute atomic E-state index is 0.358. The fraction of sp³-hybridized carbons (Fsp3) is 0.571. The Labute approximate surface area is 103 Å². The smallest absolute Gasteiger partial charge is 0.144 e. The monoisotopic (exact) mass is 229 g/mol. The molecule has 0 bridgehead atoms. The quantitative estimate of drug-likeness (QED) is 0.866. The highest BCUT2D eigenvalue weighted by Crippen LogP contribution is 2.24. The van der Waals surface area contributed by atoms with Crippen molar-refractivity contribution in [3.63, 3.8) is 0 Å². The number of nitriles is 1. The predicted molar refractivity (Wildman–Crippen MR) is 69.0 cm³/mol. The van der Waals surface area contributed by atoms with Crippen molar-refractivity contribution < 1.29 is 0 Å². The number of hydrogen-bond donors (Lipinski definition) is 1. The van der Waals surface area contributed by atoms with E-state index in [0.29, 0.717) is 11.6 Å². The number of rotatable bonds is 3. The number of pyridine rings is 1. The Kier molecular flexibility index (Phi) is 3.63. The minimum Gasteiger partial charge on any atom is -0.367 e. The van der Waals surface area contributed by atoms with Crippen LogP contribution in [-0.2, 0) is 12.8 Å². The van der Waals surface area contributed by atoms with Crippen LogP contribution in [0.5, 0.6) is 0 Å². The average molecular weight is 229 g/mol. The Morgan fingerprint density at radius 2 is 2.24 bits per heavy atom. The van der Waals surface area contributed by atoms with Crippen LogP contribution in [0.4, 0.5) is 5.82 Å². The number of aryl methyl sites for hydroxylation is 2. The number of aromatic nitrogens is 1. The zero-order chi connectivity index (χ0) is 12.3. The molecule has 90 valence electrons. The molecule has 0 fully saturated rings. The van der Waals surface area contributed by atoms with Crippen molar-refractivity contribution in [2.75, 3.05) is 5.32 Å². The van der Waals surface area contributed by atoms with Crippen LogP contribution < -0.4 is 5.32 Å². The molecule has 0 spiro atoms. The second kappa shape index (κ2) is 5.18. The molecular formula is C14H19N3. The van der Waals surface area contributed by atoms with E-state index in [1.165, 1.54) is 24.1 Å². The summed E-state index contributed by atoms with van der Waals surface area (Å²) in [5, 5.41) is 12.5. The SMILES string of the molecule is CCC(C)Nc1nc2c(cc1C#N)CCCC2. The molecule has 0 aromatic carbocycles. The van der Waals surface area contributed by atoms with Gasteiger partial charge >= 0.3 is 0 Å². The van der Waals surface area contributed by atoms with Gasteiger partial charge in [0.2, 0.25) is 0 Å². The largest absolute Gasteiger partial charge is 0.367 e. The zero-order valence-electron chi connectivity index (χ0n) is 10.6. The van der Waals surface area contributed by atoms with Crippen molar-refractivity contribution in [3.05, 3.63) is 22.9 Å². The molecule has 0 aliphatic heterocycles. The molecule has 3 nitrogen and oxygen atoms in total. The lowest BCUT2D eigenvalue weighted by Crippen LogP contribution is -2.17. The molecule has 1 unspecified atom stereocenters. The van der Waals surface area contributed by atoms with Gasteiger partial charge in [-0.25, -0.2) is 4.98 Å². The van der Waals surface area contributed by atoms with Crippen LogP contribution in [-0.4, -0.2) is 11.0 Å². The molecule has 1 aromatic rings. The highest BCUT2D eigenvalue weighted by atomic mass is 15.0. The lowest BCUT2D eigenvalue weighted by atomic mass is 9.95. The first kappa shape index (κ1) is 11.9. The molecule has 2 rings (SSSR count). The summed E-state index contributed by atoms with van der Waals surface area (Å²) >= 11 is 0. The van der Waals surface area contributed by atoms with E-state index < -0.39 is 0 Å². The van der Waals surface area contributed by atoms with E-state index in [9.17, 15) is 5.26 Å². The number of nitrogens with one attached hydrogen (secondary N) is 1. The first-order chi connectivity index (χ1) is 8.24. The van der Waals surface area contributed by atoms with Gasteiger partial charge in [-0.3, -0.25) is 0 Å². The molecule has 3 heteroatoms. The highest BCUT2D eigenvalue weighted by molar-refractivity contribution is 5.55. The molecule has 0 amide bonds. The van der Waals surface area contributed by atoms with E-state index in [1.807, 2.05) is 6.07 Å². The van der Waals surface area contributed by atoms with Gasteiger partial charge in [-0.05, 0) is 50.7 Å². The third-order valence-electron chi connectivity index (χ3n) is 3.42. The summed E-state index contributed by atoms with van der Waals surface area (Å²) in [6.07, 6.45) is 5.59. The van der Waals surface area contributed by atoms with Gasteiger partial charge < -0.3 is 5.32 Å². The Balaban J connectivity index is 2.34. The van der Waals surface area contributed by atoms with Crippen LogP contribution >= 0.6 is 0 Å². The first-order valence-corrected chi connectivity index (χ1v) is 6.44. The molecule has 0 radical (unpaired) electrons. The first-order valence-electron chi connectivity index (χ1n) is 6.44. The maximum atomic E-state index is 9.18. The van der Waals surface area contributed by atoms with Gasteiger partial charge in [0.05, 0.1) is 5.56 Å². The van der Waals surface area contributed by atoms with Crippen molar-refractivity contribution in [2.24, 2.45) is 0 Å². The van der Waals surface area contributed by atoms with Gasteiger partial charge in [0.1, 0.15) is 11.9 Å². The Morgan fingerprint density at radius 3 is 2.94 bits per heavy atom. The van der Waals surface area contributed by atoms with E-state index in [4.69, 9.17) is 0 Å². The summed E-state index contributed by atoms with van der Waals surface area (Å²) in [5.41, 5.74) is 3.13. The van der Waals surface area contributed by atoms with E-state index in [1.54, 1.807) is 0 Å². The van der Waals surface area contributed by atoms with Crippen molar-refractivity contribution >= 4 is 5.82 Å². The second-order valence-electron chi connectivity index (χ2n) is 4.76. The number of nitrogens with zero attached hydrogens (tertiary/aromatic N) is 2. The lowest BCUT2D eigenvalue weighted by molar-refractivity contribution is 0.666. The van der Waals surface area contributed by atoms with Gasteiger partial charge in [0, 0.05) is 11.7 Å². The molecule has 0 saturated heterocycles. The normalized spacial score (nSPS) is 15.8. The van der Waals surface area contributed by atoms with Crippen molar-refractivity contribution in [3.8, 4) is 6.07 Å². The summed E-state index contributed by atoms with van der Waals surface area (Å²) in [6, 6.07) is 4.63. The number of anilines is 1. The predicted octanol–water partition coefficient (Wildman–Crippen LogP) is 3.04. The van der Waals surface area contributed by atoms with Gasteiger partial charge in [-0.2, -0.15) is 5.26 Å². The number of fused-ring (bicyclic) bond motifs is 1. The minimum atomic E-state index is 0.358. The molecule has 17 heavy (non-hydrogen) atoms. The Bertz CT molecular complexity index is 446. The Hall–Kier alpha value is -1.56. The van der Waals surface area contributed by atoms with Crippen LogP contribution in [0.3, 0.4) is 0 Å². The molecule has 1 atom stereocenters. The van der Waals surface area contributed by atoms with Crippen molar-refractivity contribution in [1.29, 1.82) is 5.26 Å². The van der Waals surface area contributed by atoms with Gasteiger partial charge in [-0.15, -0.1) is 0 Å². The zero-order valence-corrected chi connectivity index (χ0v) is 10.6. The van der Waals surface area contributed by atoms with E-state index in [-0.39, 0.29) is 0 Å². The standard InChI is InChI=1S/C14H19N3/c1-3-10(2)16-14-12(9-15)8-11-6-4-5-7-13(11)17-14/h8,10H,3-7H2,1-2H3,(H,16,17). The second-order valence-corrected chi connectivity index (χ2v) is 4.76. The van der Waals surface area contributed by atoms with Crippen LogP contribution in [0.2, 0.25) is 0 Å². The van der Waals surface area contributed by atoms with Crippen molar-refractivity contribution in [1.82, 2.24) is 4.98 Å². The molecule has 1 aliphatic rings. The third kappa shape index (κ3) is 2.58. The van der Waals surface area contributed by atoms with E-state index in [0.717, 1.165) is 25.1 Å². The summed E-state index contributed by atoms with van der Waals surface area (Å²) in [6.45, 7) is 4.24. The third-order valence-corrected chi connectivity index (χ3v) is 3.42. The lowest BCUT2D eigenvalue weighted by Gasteiger charge is -2.19. The average Bonchev–Trinajstić information content (AvgIpc) is 2.37. The van der Waals surface area contributed by atoms with Crippen LogP contribution in [0.25, 0.3) is 0 Å². The number of hydrogen-bond acceptors (Lipinski definition) is 3. The Morgan fingerprint density at radius 1 is 1.47 bits per heavy atom. The van der Waals surface area contributed by atoms with Gasteiger partial charge in [0.25, 0.3) is 0 Å². The maximum Gasteiger partial charge on any atom is 0.144 e. The van der Waals surface area contributed by atoms with E-state index >= 15 is 0 Å². The molecular weight excluding hydrogens is 210 g/mol. The summed E-state index contributed by atoms with van der Waals surface area (Å²) in [4.78, 5) is 4.64. The maximum absolute atomic E-state index is 9.18.